The second kappa shape index (κ2) is 8.52. The third-order valence-electron chi connectivity index (χ3n) is 4.01. The molecule has 0 spiro atoms. The molecular weight excluding hydrogens is 330 g/mol. The summed E-state index contributed by atoms with van der Waals surface area (Å²) < 4.78 is 5.26. The molecule has 6 heteroatoms. The maximum absolute atomic E-state index is 12.3. The van der Waals surface area contributed by atoms with Gasteiger partial charge in [0.15, 0.2) is 0 Å². The van der Waals surface area contributed by atoms with Gasteiger partial charge in [0, 0.05) is 25.2 Å². The van der Waals surface area contributed by atoms with Crippen molar-refractivity contribution in [2.45, 2.75) is 45.3 Å². The van der Waals surface area contributed by atoms with E-state index in [4.69, 9.17) is 10.00 Å². The highest BCUT2D eigenvalue weighted by Gasteiger charge is 2.24. The fraction of sp³-hybridized carbons (Fsp3) is 0.450. The molecule has 1 aliphatic rings. The molecule has 1 aromatic rings. The van der Waals surface area contributed by atoms with E-state index in [1.165, 1.54) is 6.08 Å². The zero-order chi connectivity index (χ0) is 19.2. The number of likely N-dealkylation sites (tertiary alicyclic amines) is 1. The van der Waals surface area contributed by atoms with Crippen LogP contribution in [0.25, 0.3) is 6.08 Å². The molecule has 0 atom stereocenters. The van der Waals surface area contributed by atoms with E-state index in [1.807, 2.05) is 26.8 Å². The lowest BCUT2D eigenvalue weighted by molar-refractivity contribution is -0.127. The van der Waals surface area contributed by atoms with Crippen molar-refractivity contribution in [2.24, 2.45) is 0 Å². The van der Waals surface area contributed by atoms with Gasteiger partial charge in [-0.3, -0.25) is 4.79 Å². The fourth-order valence-corrected chi connectivity index (χ4v) is 2.73. The summed E-state index contributed by atoms with van der Waals surface area (Å²) in [6.07, 6.45) is 4.13. The molecule has 0 aliphatic carbocycles. The number of piperidine rings is 1. The molecule has 1 aliphatic heterocycles. The van der Waals surface area contributed by atoms with Crippen molar-refractivity contribution >= 4 is 18.1 Å². The molecule has 1 saturated heterocycles. The molecule has 0 aromatic heterocycles. The summed E-state index contributed by atoms with van der Waals surface area (Å²) in [4.78, 5) is 25.9. The van der Waals surface area contributed by atoms with Gasteiger partial charge >= 0.3 is 6.09 Å². The molecule has 2 amide bonds. The Morgan fingerprint density at radius 3 is 2.54 bits per heavy atom. The number of carbonyl (C=O) groups excluding carboxylic acids is 2. The minimum absolute atomic E-state index is 0.0113. The molecule has 138 valence electrons. The molecule has 26 heavy (non-hydrogen) atoms. The van der Waals surface area contributed by atoms with Crippen LogP contribution in [0.3, 0.4) is 0 Å². The van der Waals surface area contributed by atoms with Gasteiger partial charge in [-0.1, -0.05) is 18.2 Å². The van der Waals surface area contributed by atoms with Crippen LogP contribution in [0.1, 0.15) is 44.7 Å². The number of hydrogen-bond acceptors (Lipinski definition) is 4. The predicted octanol–water partition coefficient (Wildman–Crippen LogP) is 3.09. The highest BCUT2D eigenvalue weighted by atomic mass is 16.6. The molecule has 6 nitrogen and oxygen atoms in total. The van der Waals surface area contributed by atoms with Gasteiger partial charge in [-0.25, -0.2) is 4.79 Å². The van der Waals surface area contributed by atoms with Crippen molar-refractivity contribution < 1.29 is 14.3 Å². The number of benzene rings is 1. The van der Waals surface area contributed by atoms with Gasteiger partial charge in [-0.05, 0) is 51.3 Å². The van der Waals surface area contributed by atoms with E-state index in [1.54, 1.807) is 29.2 Å². The topological polar surface area (TPSA) is 82.4 Å². The van der Waals surface area contributed by atoms with Crippen molar-refractivity contribution in [3.63, 3.8) is 0 Å². The van der Waals surface area contributed by atoms with E-state index in [2.05, 4.69) is 11.4 Å². The van der Waals surface area contributed by atoms with Gasteiger partial charge in [-0.15, -0.1) is 0 Å². The molecule has 2 rings (SSSR count). The molecule has 1 aromatic carbocycles. The molecule has 0 unspecified atom stereocenters. The Hall–Kier alpha value is -2.81. The summed E-state index contributed by atoms with van der Waals surface area (Å²) in [5, 5.41) is 11.9. The van der Waals surface area contributed by atoms with Crippen LogP contribution in [0.15, 0.2) is 30.3 Å². The van der Waals surface area contributed by atoms with Gasteiger partial charge in [0.2, 0.25) is 5.91 Å². The number of rotatable bonds is 3. The van der Waals surface area contributed by atoms with Crippen molar-refractivity contribution in [1.82, 2.24) is 10.2 Å². The first-order valence-corrected chi connectivity index (χ1v) is 8.74. The third kappa shape index (κ3) is 5.92. The Balaban J connectivity index is 1.84. The number of nitriles is 1. The number of carbonyl (C=O) groups is 2. The van der Waals surface area contributed by atoms with Gasteiger partial charge in [0.05, 0.1) is 11.6 Å². The van der Waals surface area contributed by atoms with E-state index >= 15 is 0 Å². The second-order valence-corrected chi connectivity index (χ2v) is 7.28. The van der Waals surface area contributed by atoms with E-state index in [0.29, 0.717) is 31.5 Å². The average Bonchev–Trinajstić information content (AvgIpc) is 2.58. The number of hydrogen-bond donors (Lipinski definition) is 1. The zero-order valence-corrected chi connectivity index (χ0v) is 15.5. The smallest absolute Gasteiger partial charge is 0.407 e. The second-order valence-electron chi connectivity index (χ2n) is 7.28. The zero-order valence-electron chi connectivity index (χ0n) is 15.5. The Morgan fingerprint density at radius 1 is 1.27 bits per heavy atom. The van der Waals surface area contributed by atoms with Gasteiger partial charge < -0.3 is 15.0 Å². The van der Waals surface area contributed by atoms with E-state index in [0.717, 1.165) is 5.56 Å². The molecule has 1 N–H and O–H groups in total. The number of alkyl carbamates (subject to hydrolysis) is 1. The SMILES string of the molecule is CC(C)(C)OC(=O)NC1CCN(C(=O)/C=C/c2ccccc2C#N)CC1. The van der Waals surface area contributed by atoms with Crippen LogP contribution in [0.5, 0.6) is 0 Å². The summed E-state index contributed by atoms with van der Waals surface area (Å²) in [5.41, 5.74) is 0.743. The van der Waals surface area contributed by atoms with Crippen molar-refractivity contribution in [2.75, 3.05) is 13.1 Å². The minimum Gasteiger partial charge on any atom is -0.444 e. The first-order chi connectivity index (χ1) is 12.3. The average molecular weight is 355 g/mol. The first-order valence-electron chi connectivity index (χ1n) is 8.74. The van der Waals surface area contributed by atoms with Crippen molar-refractivity contribution in [3.05, 3.63) is 41.5 Å². The van der Waals surface area contributed by atoms with Crippen LogP contribution in [-0.2, 0) is 9.53 Å². The summed E-state index contributed by atoms with van der Waals surface area (Å²) >= 11 is 0. The standard InChI is InChI=1S/C20H25N3O3/c1-20(2,3)26-19(25)22-17-10-12-23(13-11-17)18(24)9-8-15-6-4-5-7-16(15)14-21/h4-9,17H,10-13H2,1-3H3,(H,22,25)/b9-8+. The number of nitrogens with one attached hydrogen (secondary N) is 1. The van der Waals surface area contributed by atoms with Crippen molar-refractivity contribution in [3.8, 4) is 6.07 Å². The summed E-state index contributed by atoms with van der Waals surface area (Å²) in [5.74, 6) is -0.0894. The van der Waals surface area contributed by atoms with Gasteiger partial charge in [0.25, 0.3) is 0 Å². The summed E-state index contributed by atoms with van der Waals surface area (Å²) in [7, 11) is 0. The molecule has 0 bridgehead atoms. The number of amides is 2. The number of nitrogens with zero attached hydrogens (tertiary/aromatic N) is 2. The molecular formula is C20H25N3O3. The van der Waals surface area contributed by atoms with Crippen LogP contribution in [0, 0.1) is 11.3 Å². The van der Waals surface area contributed by atoms with Crippen molar-refractivity contribution in [1.29, 1.82) is 5.26 Å². The lowest BCUT2D eigenvalue weighted by Gasteiger charge is -2.32. The number of ether oxygens (including phenoxy) is 1. The quantitative estimate of drug-likeness (QED) is 0.845. The fourth-order valence-electron chi connectivity index (χ4n) is 2.73. The summed E-state index contributed by atoms with van der Waals surface area (Å²) in [6.45, 7) is 6.62. The van der Waals surface area contributed by atoms with E-state index < -0.39 is 11.7 Å². The van der Waals surface area contributed by atoms with Gasteiger partial charge in [0.1, 0.15) is 5.60 Å². The van der Waals surface area contributed by atoms with Gasteiger partial charge in [-0.2, -0.15) is 5.26 Å². The highest BCUT2D eigenvalue weighted by Crippen LogP contribution is 2.14. The Bertz CT molecular complexity index is 721. The monoisotopic (exact) mass is 355 g/mol. The van der Waals surface area contributed by atoms with Crippen LogP contribution in [0.2, 0.25) is 0 Å². The normalized spacial score (nSPS) is 15.5. The Morgan fingerprint density at radius 2 is 1.92 bits per heavy atom. The maximum Gasteiger partial charge on any atom is 0.407 e. The molecule has 1 heterocycles. The molecule has 0 radical (unpaired) electrons. The minimum atomic E-state index is -0.523. The lowest BCUT2D eigenvalue weighted by Crippen LogP contribution is -2.47. The van der Waals surface area contributed by atoms with Crippen LogP contribution in [0.4, 0.5) is 4.79 Å². The Kier molecular flexibility index (Phi) is 6.40. The van der Waals surface area contributed by atoms with Crippen LogP contribution < -0.4 is 5.32 Å². The molecule has 0 saturated carbocycles. The predicted molar refractivity (Wildman–Crippen MR) is 99.2 cm³/mol. The highest BCUT2D eigenvalue weighted by molar-refractivity contribution is 5.92. The van der Waals surface area contributed by atoms with E-state index in [9.17, 15) is 9.59 Å². The summed E-state index contributed by atoms with van der Waals surface area (Å²) in [6, 6.07) is 9.27. The lowest BCUT2D eigenvalue weighted by atomic mass is 10.0. The van der Waals surface area contributed by atoms with Crippen LogP contribution >= 0.6 is 0 Å². The molecule has 1 fully saturated rings. The van der Waals surface area contributed by atoms with Crippen LogP contribution in [-0.4, -0.2) is 41.6 Å². The first kappa shape index (κ1) is 19.5. The maximum atomic E-state index is 12.3. The largest absolute Gasteiger partial charge is 0.444 e. The van der Waals surface area contributed by atoms with E-state index in [-0.39, 0.29) is 11.9 Å². The third-order valence-corrected chi connectivity index (χ3v) is 4.01. The Labute approximate surface area is 154 Å².